The summed E-state index contributed by atoms with van der Waals surface area (Å²) >= 11 is 0. The highest BCUT2D eigenvalue weighted by molar-refractivity contribution is 5.80. The molecular formula is C20H25N3O2. The second kappa shape index (κ2) is 6.62. The standard InChI is InChI=1S/C20H25N3O2/c1-13-8-14(2)10-15(9-13)20-21-19(22-25-20)16-11-18(24)23(12-16)17-6-4-3-5-7-17/h8-10,16-17H,3-7,11-12H2,1-2H3. The third-order valence-corrected chi connectivity index (χ3v) is 5.45. The molecule has 1 aliphatic carbocycles. The van der Waals surface area contributed by atoms with Gasteiger partial charge in [0.1, 0.15) is 0 Å². The third-order valence-electron chi connectivity index (χ3n) is 5.45. The van der Waals surface area contributed by atoms with Crippen LogP contribution in [0, 0.1) is 13.8 Å². The summed E-state index contributed by atoms with van der Waals surface area (Å²) in [6, 6.07) is 6.65. The summed E-state index contributed by atoms with van der Waals surface area (Å²) in [7, 11) is 0. The van der Waals surface area contributed by atoms with Gasteiger partial charge in [0.15, 0.2) is 5.82 Å². The van der Waals surface area contributed by atoms with Crippen molar-refractivity contribution in [3.63, 3.8) is 0 Å². The van der Waals surface area contributed by atoms with E-state index in [4.69, 9.17) is 4.52 Å². The van der Waals surface area contributed by atoms with Crippen molar-refractivity contribution in [3.8, 4) is 11.5 Å². The van der Waals surface area contributed by atoms with Crippen molar-refractivity contribution in [2.24, 2.45) is 0 Å². The Morgan fingerprint density at radius 1 is 1.08 bits per heavy atom. The first-order chi connectivity index (χ1) is 12.1. The lowest BCUT2D eigenvalue weighted by atomic mass is 9.94. The molecule has 4 rings (SSSR count). The van der Waals surface area contributed by atoms with Gasteiger partial charge in [0.2, 0.25) is 5.91 Å². The Bertz CT molecular complexity index is 757. The molecule has 1 saturated heterocycles. The molecule has 5 heteroatoms. The van der Waals surface area contributed by atoms with Crippen molar-refractivity contribution < 1.29 is 9.32 Å². The van der Waals surface area contributed by atoms with Crippen LogP contribution in [0.3, 0.4) is 0 Å². The van der Waals surface area contributed by atoms with Crippen LogP contribution in [0.5, 0.6) is 0 Å². The molecule has 2 aliphatic rings. The summed E-state index contributed by atoms with van der Waals surface area (Å²) in [5, 5.41) is 4.18. The molecule has 1 atom stereocenters. The van der Waals surface area contributed by atoms with Gasteiger partial charge in [-0.25, -0.2) is 0 Å². The molecule has 0 bridgehead atoms. The second-order valence-electron chi connectivity index (χ2n) is 7.57. The van der Waals surface area contributed by atoms with Crippen LogP contribution in [0.15, 0.2) is 22.7 Å². The summed E-state index contributed by atoms with van der Waals surface area (Å²) < 4.78 is 5.50. The Hall–Kier alpha value is -2.17. The normalized spacial score (nSPS) is 21.9. The molecule has 1 aromatic carbocycles. The van der Waals surface area contributed by atoms with Gasteiger partial charge in [0.25, 0.3) is 5.89 Å². The highest BCUT2D eigenvalue weighted by Crippen LogP contribution is 2.33. The molecule has 1 aromatic heterocycles. The number of hydrogen-bond acceptors (Lipinski definition) is 4. The van der Waals surface area contributed by atoms with E-state index in [2.05, 4.69) is 47.1 Å². The zero-order valence-corrected chi connectivity index (χ0v) is 15.0. The fourth-order valence-electron chi connectivity index (χ4n) is 4.27. The van der Waals surface area contributed by atoms with Gasteiger partial charge >= 0.3 is 0 Å². The van der Waals surface area contributed by atoms with Crippen LogP contribution in [0.2, 0.25) is 0 Å². The van der Waals surface area contributed by atoms with Crippen molar-refractivity contribution in [1.82, 2.24) is 15.0 Å². The minimum absolute atomic E-state index is 0.0535. The number of rotatable bonds is 3. The van der Waals surface area contributed by atoms with Crippen LogP contribution in [0.25, 0.3) is 11.5 Å². The maximum Gasteiger partial charge on any atom is 0.257 e. The van der Waals surface area contributed by atoms with E-state index in [1.54, 1.807) is 0 Å². The molecule has 5 nitrogen and oxygen atoms in total. The molecule has 0 N–H and O–H groups in total. The van der Waals surface area contributed by atoms with Gasteiger partial charge in [0, 0.05) is 30.5 Å². The van der Waals surface area contributed by atoms with Gasteiger partial charge in [0.05, 0.1) is 0 Å². The minimum Gasteiger partial charge on any atom is -0.339 e. The van der Waals surface area contributed by atoms with Gasteiger partial charge in [-0.05, 0) is 38.8 Å². The Morgan fingerprint density at radius 3 is 2.52 bits per heavy atom. The average Bonchev–Trinajstić information content (AvgIpc) is 3.21. The van der Waals surface area contributed by atoms with Crippen LogP contribution < -0.4 is 0 Å². The minimum atomic E-state index is 0.0535. The predicted octanol–water partition coefficient (Wildman–Crippen LogP) is 4.00. The summed E-state index contributed by atoms with van der Waals surface area (Å²) in [6.45, 7) is 4.85. The first-order valence-electron chi connectivity index (χ1n) is 9.32. The van der Waals surface area contributed by atoms with Crippen molar-refractivity contribution in [3.05, 3.63) is 35.2 Å². The van der Waals surface area contributed by atoms with E-state index in [1.807, 2.05) is 0 Å². The molecule has 0 radical (unpaired) electrons. The molecule has 1 amide bonds. The van der Waals surface area contributed by atoms with Crippen molar-refractivity contribution >= 4 is 5.91 Å². The predicted molar refractivity (Wildman–Crippen MR) is 95.2 cm³/mol. The number of amides is 1. The quantitative estimate of drug-likeness (QED) is 0.848. The van der Waals surface area contributed by atoms with E-state index < -0.39 is 0 Å². The molecule has 132 valence electrons. The highest BCUT2D eigenvalue weighted by Gasteiger charge is 2.37. The molecular weight excluding hydrogens is 314 g/mol. The maximum atomic E-state index is 12.5. The molecule has 2 heterocycles. The number of carbonyl (C=O) groups is 1. The van der Waals surface area contributed by atoms with Crippen LogP contribution in [-0.2, 0) is 4.79 Å². The van der Waals surface area contributed by atoms with Gasteiger partial charge < -0.3 is 9.42 Å². The molecule has 1 saturated carbocycles. The second-order valence-corrected chi connectivity index (χ2v) is 7.57. The largest absolute Gasteiger partial charge is 0.339 e. The molecule has 2 aromatic rings. The fraction of sp³-hybridized carbons (Fsp3) is 0.550. The van der Waals surface area contributed by atoms with Crippen LogP contribution >= 0.6 is 0 Å². The Morgan fingerprint density at radius 2 is 1.80 bits per heavy atom. The lowest BCUT2D eigenvalue weighted by Gasteiger charge is -2.31. The van der Waals surface area contributed by atoms with E-state index in [-0.39, 0.29) is 11.8 Å². The van der Waals surface area contributed by atoms with E-state index in [0.29, 0.717) is 24.2 Å². The fourth-order valence-corrected chi connectivity index (χ4v) is 4.27. The number of benzene rings is 1. The van der Waals surface area contributed by atoms with E-state index in [1.165, 1.54) is 30.4 Å². The number of hydrogen-bond donors (Lipinski definition) is 0. The lowest BCUT2D eigenvalue weighted by molar-refractivity contribution is -0.130. The first-order valence-corrected chi connectivity index (χ1v) is 9.32. The summed E-state index contributed by atoms with van der Waals surface area (Å²) in [6.07, 6.45) is 6.54. The van der Waals surface area contributed by atoms with Gasteiger partial charge in [-0.1, -0.05) is 41.6 Å². The van der Waals surface area contributed by atoms with Gasteiger partial charge in [-0.3, -0.25) is 4.79 Å². The van der Waals surface area contributed by atoms with E-state index >= 15 is 0 Å². The Balaban J connectivity index is 1.51. The highest BCUT2D eigenvalue weighted by atomic mass is 16.5. The van der Waals surface area contributed by atoms with Crippen LogP contribution in [-0.4, -0.2) is 33.5 Å². The van der Waals surface area contributed by atoms with Crippen molar-refractivity contribution in [1.29, 1.82) is 0 Å². The molecule has 1 aliphatic heterocycles. The number of aryl methyl sites for hydroxylation is 2. The molecule has 0 spiro atoms. The number of aromatic nitrogens is 2. The van der Waals surface area contributed by atoms with Crippen LogP contribution in [0.4, 0.5) is 0 Å². The number of nitrogens with zero attached hydrogens (tertiary/aromatic N) is 3. The van der Waals surface area contributed by atoms with Gasteiger partial charge in [-0.15, -0.1) is 0 Å². The number of likely N-dealkylation sites (tertiary alicyclic amines) is 1. The Kier molecular flexibility index (Phi) is 4.32. The molecule has 25 heavy (non-hydrogen) atoms. The zero-order chi connectivity index (χ0) is 17.4. The molecule has 1 unspecified atom stereocenters. The summed E-state index contributed by atoms with van der Waals surface area (Å²) in [5.41, 5.74) is 3.30. The van der Waals surface area contributed by atoms with E-state index in [0.717, 1.165) is 24.9 Å². The first kappa shape index (κ1) is 16.3. The molecule has 2 fully saturated rings. The van der Waals surface area contributed by atoms with Crippen molar-refractivity contribution in [2.45, 2.75) is 64.3 Å². The summed E-state index contributed by atoms with van der Waals surface area (Å²) in [5.74, 6) is 1.51. The zero-order valence-electron chi connectivity index (χ0n) is 15.0. The summed E-state index contributed by atoms with van der Waals surface area (Å²) in [4.78, 5) is 19.1. The smallest absolute Gasteiger partial charge is 0.257 e. The Labute approximate surface area is 148 Å². The van der Waals surface area contributed by atoms with Crippen molar-refractivity contribution in [2.75, 3.05) is 6.54 Å². The maximum absolute atomic E-state index is 12.5. The topological polar surface area (TPSA) is 59.2 Å². The lowest BCUT2D eigenvalue weighted by Crippen LogP contribution is -2.37. The van der Waals surface area contributed by atoms with Crippen LogP contribution in [0.1, 0.15) is 61.4 Å². The monoisotopic (exact) mass is 339 g/mol. The number of carbonyl (C=O) groups excluding carboxylic acids is 1. The SMILES string of the molecule is Cc1cc(C)cc(-c2nc(C3CC(=O)N(C4CCCCC4)C3)no2)c1. The van der Waals surface area contributed by atoms with E-state index in [9.17, 15) is 4.79 Å². The third kappa shape index (κ3) is 3.32. The average molecular weight is 339 g/mol. The van der Waals surface area contributed by atoms with Gasteiger partial charge in [-0.2, -0.15) is 4.98 Å².